The van der Waals surface area contributed by atoms with E-state index in [-0.39, 0.29) is 17.8 Å². The Hall–Kier alpha value is -2.28. The van der Waals surface area contributed by atoms with Crippen molar-refractivity contribution in [3.05, 3.63) is 71.0 Å². The molecule has 1 fully saturated rings. The molecule has 2 aromatic carbocycles. The Labute approximate surface area is 157 Å². The fraction of sp³-hybridized carbons (Fsp3) is 0.381. The van der Waals surface area contributed by atoms with Crippen LogP contribution in [0.1, 0.15) is 22.7 Å². The maximum atomic E-state index is 13.5. The van der Waals surface area contributed by atoms with Crippen molar-refractivity contribution >= 4 is 5.91 Å². The highest BCUT2D eigenvalue weighted by Gasteiger charge is 2.38. The summed E-state index contributed by atoms with van der Waals surface area (Å²) in [6.45, 7) is 1.82. The van der Waals surface area contributed by atoms with Crippen LogP contribution in [0.4, 0.5) is 4.39 Å². The van der Waals surface area contributed by atoms with Crippen molar-refractivity contribution in [1.29, 1.82) is 0 Å². The number of β-amino-alcohol motifs (C(OH)–C–C–N with tert-alkyl or cyclic N) is 1. The van der Waals surface area contributed by atoms with Gasteiger partial charge in [0.2, 0.25) is 0 Å². The average Bonchev–Trinajstić information content (AvgIpc) is 2.91. The molecule has 2 aromatic rings. The molecule has 5 nitrogen and oxygen atoms in total. The summed E-state index contributed by atoms with van der Waals surface area (Å²) in [6, 6.07) is 13.9. The SMILES string of the molecule is O=C([C@H]1OCCNC[C@@H]1O)N1CCc2ccccc2[C@@H]1c1ccc(F)cc1. The number of carbonyl (C=O) groups is 1. The highest BCUT2D eigenvalue weighted by Crippen LogP contribution is 2.36. The third-order valence-electron chi connectivity index (χ3n) is 5.27. The van der Waals surface area contributed by atoms with Gasteiger partial charge in [-0.1, -0.05) is 36.4 Å². The Morgan fingerprint density at radius 3 is 2.78 bits per heavy atom. The summed E-state index contributed by atoms with van der Waals surface area (Å²) in [5, 5.41) is 13.4. The quantitative estimate of drug-likeness (QED) is 0.844. The van der Waals surface area contributed by atoms with E-state index < -0.39 is 12.2 Å². The molecule has 1 amide bonds. The molecule has 0 unspecified atom stereocenters. The summed E-state index contributed by atoms with van der Waals surface area (Å²) >= 11 is 0. The number of carbonyl (C=O) groups excluding carboxylic acids is 1. The Kier molecular flexibility index (Phi) is 5.20. The smallest absolute Gasteiger partial charge is 0.255 e. The van der Waals surface area contributed by atoms with Gasteiger partial charge in [0.1, 0.15) is 11.9 Å². The number of fused-ring (bicyclic) bond motifs is 1. The number of aliphatic hydroxyl groups is 1. The monoisotopic (exact) mass is 370 g/mol. The predicted molar refractivity (Wildman–Crippen MR) is 98.7 cm³/mol. The molecule has 2 aliphatic heterocycles. The number of ether oxygens (including phenoxy) is 1. The fourth-order valence-corrected chi connectivity index (χ4v) is 3.93. The summed E-state index contributed by atoms with van der Waals surface area (Å²) in [5.74, 6) is -0.538. The number of amides is 1. The van der Waals surface area contributed by atoms with E-state index in [1.54, 1.807) is 17.0 Å². The number of aliphatic hydroxyl groups excluding tert-OH is 1. The first-order chi connectivity index (χ1) is 13.1. The van der Waals surface area contributed by atoms with Crippen LogP contribution in [-0.4, -0.2) is 54.4 Å². The van der Waals surface area contributed by atoms with Gasteiger partial charge >= 0.3 is 0 Å². The van der Waals surface area contributed by atoms with Gasteiger partial charge in [-0.15, -0.1) is 0 Å². The molecule has 0 saturated carbocycles. The van der Waals surface area contributed by atoms with E-state index in [1.807, 2.05) is 18.2 Å². The molecule has 1 saturated heterocycles. The molecule has 2 aliphatic rings. The normalized spacial score (nSPS) is 25.6. The zero-order valence-corrected chi connectivity index (χ0v) is 15.0. The van der Waals surface area contributed by atoms with Gasteiger partial charge in [-0.2, -0.15) is 0 Å². The lowest BCUT2D eigenvalue weighted by Crippen LogP contribution is -2.51. The molecule has 4 rings (SSSR count). The van der Waals surface area contributed by atoms with Crippen LogP contribution in [0, 0.1) is 5.82 Å². The number of hydrogen-bond acceptors (Lipinski definition) is 4. The summed E-state index contributed by atoms with van der Waals surface area (Å²) in [5.41, 5.74) is 3.06. The van der Waals surface area contributed by atoms with Gasteiger partial charge in [0.25, 0.3) is 5.91 Å². The first-order valence-corrected chi connectivity index (χ1v) is 9.29. The first kappa shape index (κ1) is 18.1. The van der Waals surface area contributed by atoms with Crippen LogP contribution in [0.5, 0.6) is 0 Å². The molecule has 0 bridgehead atoms. The molecule has 6 heteroatoms. The number of hydrogen-bond donors (Lipinski definition) is 2. The molecule has 27 heavy (non-hydrogen) atoms. The van der Waals surface area contributed by atoms with Crippen LogP contribution in [-0.2, 0) is 16.0 Å². The Balaban J connectivity index is 1.72. The van der Waals surface area contributed by atoms with Gasteiger partial charge in [-0.25, -0.2) is 4.39 Å². The molecule has 0 spiro atoms. The summed E-state index contributed by atoms with van der Waals surface area (Å²) in [4.78, 5) is 15.1. The van der Waals surface area contributed by atoms with Gasteiger partial charge in [0, 0.05) is 19.6 Å². The minimum atomic E-state index is -0.897. The van der Waals surface area contributed by atoms with Gasteiger partial charge in [0.05, 0.1) is 12.6 Å². The molecule has 2 heterocycles. The lowest BCUT2D eigenvalue weighted by molar-refractivity contribution is -0.152. The number of halogens is 1. The van der Waals surface area contributed by atoms with E-state index >= 15 is 0 Å². The molecule has 0 radical (unpaired) electrons. The standard InChI is InChI=1S/C21H23FN2O3/c22-16-7-5-15(6-8-16)19-17-4-2-1-3-14(17)9-11-24(19)21(26)20-18(25)13-23-10-12-27-20/h1-8,18-20,23,25H,9-13H2/t18-,19-,20-/m0/s1. The van der Waals surface area contributed by atoms with E-state index in [9.17, 15) is 14.3 Å². The summed E-state index contributed by atoms with van der Waals surface area (Å²) < 4.78 is 19.1. The largest absolute Gasteiger partial charge is 0.389 e. The van der Waals surface area contributed by atoms with E-state index in [1.165, 1.54) is 17.7 Å². The second kappa shape index (κ2) is 7.76. The van der Waals surface area contributed by atoms with Gasteiger partial charge in [0.15, 0.2) is 6.10 Å². The summed E-state index contributed by atoms with van der Waals surface area (Å²) in [7, 11) is 0. The minimum absolute atomic E-state index is 0.227. The van der Waals surface area contributed by atoms with Crippen LogP contribution >= 0.6 is 0 Å². The lowest BCUT2D eigenvalue weighted by Gasteiger charge is -2.39. The fourth-order valence-electron chi connectivity index (χ4n) is 3.93. The van der Waals surface area contributed by atoms with Crippen molar-refractivity contribution in [2.24, 2.45) is 0 Å². The molecule has 142 valence electrons. The number of benzene rings is 2. The van der Waals surface area contributed by atoms with Crippen molar-refractivity contribution in [1.82, 2.24) is 10.2 Å². The zero-order chi connectivity index (χ0) is 18.8. The van der Waals surface area contributed by atoms with Crippen molar-refractivity contribution in [2.75, 3.05) is 26.2 Å². The zero-order valence-electron chi connectivity index (χ0n) is 15.0. The van der Waals surface area contributed by atoms with Gasteiger partial charge in [-0.05, 0) is 35.2 Å². The molecule has 0 aliphatic carbocycles. The van der Waals surface area contributed by atoms with E-state index in [0.717, 1.165) is 17.5 Å². The maximum Gasteiger partial charge on any atom is 0.255 e. The van der Waals surface area contributed by atoms with Crippen molar-refractivity contribution < 1.29 is 19.0 Å². The van der Waals surface area contributed by atoms with E-state index in [2.05, 4.69) is 11.4 Å². The van der Waals surface area contributed by atoms with Crippen LogP contribution in [0.15, 0.2) is 48.5 Å². The van der Waals surface area contributed by atoms with Gasteiger partial charge in [-0.3, -0.25) is 4.79 Å². The second-order valence-corrected chi connectivity index (χ2v) is 7.00. The van der Waals surface area contributed by atoms with Crippen LogP contribution in [0.3, 0.4) is 0 Å². The Morgan fingerprint density at radius 2 is 1.96 bits per heavy atom. The first-order valence-electron chi connectivity index (χ1n) is 9.29. The Bertz CT molecular complexity index is 811. The van der Waals surface area contributed by atoms with Crippen molar-refractivity contribution in [3.8, 4) is 0 Å². The van der Waals surface area contributed by atoms with Crippen LogP contribution < -0.4 is 5.32 Å². The van der Waals surface area contributed by atoms with E-state index in [4.69, 9.17) is 4.74 Å². The predicted octanol–water partition coefficient (Wildman–Crippen LogP) is 1.65. The van der Waals surface area contributed by atoms with Crippen LogP contribution in [0.25, 0.3) is 0 Å². The minimum Gasteiger partial charge on any atom is -0.389 e. The molecular weight excluding hydrogens is 347 g/mol. The second-order valence-electron chi connectivity index (χ2n) is 7.00. The average molecular weight is 370 g/mol. The highest BCUT2D eigenvalue weighted by molar-refractivity contribution is 5.83. The molecular formula is C21H23FN2O3. The topological polar surface area (TPSA) is 61.8 Å². The number of nitrogens with one attached hydrogen (secondary N) is 1. The van der Waals surface area contributed by atoms with E-state index in [0.29, 0.717) is 26.2 Å². The van der Waals surface area contributed by atoms with Crippen molar-refractivity contribution in [3.63, 3.8) is 0 Å². The molecule has 3 atom stereocenters. The number of nitrogens with zero attached hydrogens (tertiary/aromatic N) is 1. The molecule has 0 aromatic heterocycles. The third-order valence-corrected chi connectivity index (χ3v) is 5.27. The van der Waals surface area contributed by atoms with Crippen LogP contribution in [0.2, 0.25) is 0 Å². The third kappa shape index (κ3) is 3.60. The van der Waals surface area contributed by atoms with Crippen molar-refractivity contribution in [2.45, 2.75) is 24.7 Å². The summed E-state index contributed by atoms with van der Waals surface area (Å²) in [6.07, 6.45) is -1.06. The lowest BCUT2D eigenvalue weighted by atomic mass is 9.87. The maximum absolute atomic E-state index is 13.5. The van der Waals surface area contributed by atoms with Gasteiger partial charge < -0.3 is 20.1 Å². The molecule has 2 N–H and O–H groups in total. The Morgan fingerprint density at radius 1 is 1.19 bits per heavy atom. The number of rotatable bonds is 2. The highest BCUT2D eigenvalue weighted by atomic mass is 19.1.